The Balaban J connectivity index is 1.88. The predicted octanol–water partition coefficient (Wildman–Crippen LogP) is 1.99. The fourth-order valence-corrected chi connectivity index (χ4v) is 3.65. The highest BCUT2D eigenvalue weighted by molar-refractivity contribution is 7.99. The van der Waals surface area contributed by atoms with Crippen LogP contribution in [0.1, 0.15) is 26.7 Å². The Morgan fingerprint density at radius 3 is 2.21 bits per heavy atom. The lowest BCUT2D eigenvalue weighted by atomic mass is 10.1. The summed E-state index contributed by atoms with van der Waals surface area (Å²) < 4.78 is 5.76. The highest BCUT2D eigenvalue weighted by Gasteiger charge is 2.28. The standard InChI is InChI=1S/C11H21NOS/c1-9-7-12(8-10(2)13-9)11-3-5-14-6-4-11/h9-11H,3-8H2,1-2H3/t9-,10+. The Morgan fingerprint density at radius 2 is 1.64 bits per heavy atom. The fraction of sp³-hybridized carbons (Fsp3) is 1.00. The van der Waals surface area contributed by atoms with E-state index in [0.717, 1.165) is 19.1 Å². The van der Waals surface area contributed by atoms with Crippen molar-refractivity contribution < 1.29 is 4.74 Å². The quantitative estimate of drug-likeness (QED) is 0.664. The molecule has 0 bridgehead atoms. The molecule has 0 unspecified atom stereocenters. The van der Waals surface area contributed by atoms with Crippen LogP contribution in [0, 0.1) is 0 Å². The van der Waals surface area contributed by atoms with E-state index in [-0.39, 0.29) is 0 Å². The van der Waals surface area contributed by atoms with Crippen molar-refractivity contribution in [1.29, 1.82) is 0 Å². The fourth-order valence-electron chi connectivity index (χ4n) is 2.57. The van der Waals surface area contributed by atoms with Crippen LogP contribution in [0.3, 0.4) is 0 Å². The summed E-state index contributed by atoms with van der Waals surface area (Å²) in [6.45, 7) is 6.67. The first-order valence-electron chi connectivity index (χ1n) is 5.73. The van der Waals surface area contributed by atoms with Gasteiger partial charge in [0.25, 0.3) is 0 Å². The van der Waals surface area contributed by atoms with Crippen LogP contribution in [0.4, 0.5) is 0 Å². The van der Waals surface area contributed by atoms with E-state index >= 15 is 0 Å². The Bertz CT molecular complexity index is 172. The second-order valence-corrected chi connectivity index (χ2v) is 5.78. The lowest BCUT2D eigenvalue weighted by molar-refractivity contribution is -0.0811. The lowest BCUT2D eigenvalue weighted by Gasteiger charge is -2.41. The van der Waals surface area contributed by atoms with Crippen molar-refractivity contribution in [2.24, 2.45) is 0 Å². The number of rotatable bonds is 1. The molecule has 2 aliphatic heterocycles. The number of hydrogen-bond acceptors (Lipinski definition) is 3. The van der Waals surface area contributed by atoms with Crippen LogP contribution < -0.4 is 0 Å². The molecule has 0 aliphatic carbocycles. The smallest absolute Gasteiger partial charge is 0.0678 e. The summed E-state index contributed by atoms with van der Waals surface area (Å²) in [5.41, 5.74) is 0. The van der Waals surface area contributed by atoms with Crippen LogP contribution >= 0.6 is 11.8 Å². The molecule has 0 aromatic heterocycles. The SMILES string of the molecule is C[C@@H]1CN(C2CCSCC2)C[C@H](C)O1. The van der Waals surface area contributed by atoms with Gasteiger partial charge in [-0.05, 0) is 38.2 Å². The average Bonchev–Trinajstić information content (AvgIpc) is 2.18. The van der Waals surface area contributed by atoms with Gasteiger partial charge in [0.05, 0.1) is 12.2 Å². The first-order chi connectivity index (χ1) is 6.75. The molecular formula is C11H21NOS. The molecule has 0 spiro atoms. The molecule has 2 heterocycles. The van der Waals surface area contributed by atoms with Crippen molar-refractivity contribution in [2.45, 2.75) is 44.9 Å². The van der Waals surface area contributed by atoms with Gasteiger partial charge in [-0.3, -0.25) is 4.90 Å². The van der Waals surface area contributed by atoms with Gasteiger partial charge in [-0.2, -0.15) is 11.8 Å². The minimum atomic E-state index is 0.424. The van der Waals surface area contributed by atoms with E-state index in [4.69, 9.17) is 4.74 Å². The van der Waals surface area contributed by atoms with E-state index in [1.807, 2.05) is 0 Å². The summed E-state index contributed by atoms with van der Waals surface area (Å²) in [6.07, 6.45) is 3.61. The number of hydrogen-bond donors (Lipinski definition) is 0. The van der Waals surface area contributed by atoms with Crippen molar-refractivity contribution >= 4 is 11.8 Å². The Morgan fingerprint density at radius 1 is 1.07 bits per heavy atom. The number of ether oxygens (including phenoxy) is 1. The van der Waals surface area contributed by atoms with E-state index in [9.17, 15) is 0 Å². The Kier molecular flexibility index (Phi) is 3.74. The van der Waals surface area contributed by atoms with Crippen molar-refractivity contribution in [3.8, 4) is 0 Å². The summed E-state index contributed by atoms with van der Waals surface area (Å²) >= 11 is 2.11. The van der Waals surface area contributed by atoms with Crippen molar-refractivity contribution in [2.75, 3.05) is 24.6 Å². The minimum Gasteiger partial charge on any atom is -0.373 e. The van der Waals surface area contributed by atoms with E-state index in [2.05, 4.69) is 30.5 Å². The van der Waals surface area contributed by atoms with Crippen LogP contribution in [-0.4, -0.2) is 47.7 Å². The Hall–Kier alpha value is 0.270. The third-order valence-electron chi connectivity index (χ3n) is 3.16. The normalized spacial score (nSPS) is 37.3. The molecule has 2 saturated heterocycles. The van der Waals surface area contributed by atoms with Gasteiger partial charge in [-0.25, -0.2) is 0 Å². The average molecular weight is 215 g/mol. The third kappa shape index (κ3) is 2.65. The second kappa shape index (κ2) is 4.86. The van der Waals surface area contributed by atoms with Crippen LogP contribution in [0.25, 0.3) is 0 Å². The van der Waals surface area contributed by atoms with E-state index in [1.165, 1.54) is 24.3 Å². The van der Waals surface area contributed by atoms with Gasteiger partial charge in [0.1, 0.15) is 0 Å². The van der Waals surface area contributed by atoms with Gasteiger partial charge in [0.15, 0.2) is 0 Å². The van der Waals surface area contributed by atoms with E-state index in [0.29, 0.717) is 12.2 Å². The first kappa shape index (κ1) is 10.8. The zero-order valence-corrected chi connectivity index (χ0v) is 10.1. The molecule has 14 heavy (non-hydrogen) atoms. The number of thioether (sulfide) groups is 1. The Labute approximate surface area is 91.4 Å². The zero-order chi connectivity index (χ0) is 9.97. The van der Waals surface area contributed by atoms with E-state index < -0.39 is 0 Å². The van der Waals surface area contributed by atoms with Gasteiger partial charge in [0.2, 0.25) is 0 Å². The summed E-state index contributed by atoms with van der Waals surface area (Å²) in [4.78, 5) is 2.65. The first-order valence-corrected chi connectivity index (χ1v) is 6.88. The van der Waals surface area contributed by atoms with Crippen LogP contribution in [0.15, 0.2) is 0 Å². The van der Waals surface area contributed by atoms with Crippen LogP contribution in [0.2, 0.25) is 0 Å². The molecule has 2 aliphatic rings. The molecule has 0 saturated carbocycles. The summed E-state index contributed by atoms with van der Waals surface area (Å²) in [5, 5.41) is 0. The maximum absolute atomic E-state index is 5.76. The molecular weight excluding hydrogens is 194 g/mol. The molecule has 0 radical (unpaired) electrons. The summed E-state index contributed by atoms with van der Waals surface area (Å²) in [5.74, 6) is 2.70. The zero-order valence-electron chi connectivity index (χ0n) is 9.24. The van der Waals surface area contributed by atoms with Crippen molar-refractivity contribution in [3.05, 3.63) is 0 Å². The predicted molar refractivity (Wildman–Crippen MR) is 61.9 cm³/mol. The van der Waals surface area contributed by atoms with Gasteiger partial charge < -0.3 is 4.74 Å². The highest BCUT2D eigenvalue weighted by Crippen LogP contribution is 2.24. The minimum absolute atomic E-state index is 0.424. The van der Waals surface area contributed by atoms with Gasteiger partial charge in [-0.15, -0.1) is 0 Å². The highest BCUT2D eigenvalue weighted by atomic mass is 32.2. The van der Waals surface area contributed by atoms with Crippen LogP contribution in [-0.2, 0) is 4.74 Å². The van der Waals surface area contributed by atoms with Gasteiger partial charge >= 0.3 is 0 Å². The topological polar surface area (TPSA) is 12.5 Å². The van der Waals surface area contributed by atoms with Gasteiger partial charge in [-0.1, -0.05) is 0 Å². The van der Waals surface area contributed by atoms with Gasteiger partial charge in [0, 0.05) is 19.1 Å². The number of morpholine rings is 1. The van der Waals surface area contributed by atoms with Crippen molar-refractivity contribution in [3.63, 3.8) is 0 Å². The summed E-state index contributed by atoms with van der Waals surface area (Å²) in [6, 6.07) is 0.838. The lowest BCUT2D eigenvalue weighted by Crippen LogP contribution is -2.50. The van der Waals surface area contributed by atoms with E-state index in [1.54, 1.807) is 0 Å². The molecule has 3 heteroatoms. The second-order valence-electron chi connectivity index (χ2n) is 4.55. The summed E-state index contributed by atoms with van der Waals surface area (Å²) in [7, 11) is 0. The largest absolute Gasteiger partial charge is 0.373 e. The monoisotopic (exact) mass is 215 g/mol. The molecule has 82 valence electrons. The molecule has 2 rings (SSSR count). The maximum Gasteiger partial charge on any atom is 0.0678 e. The van der Waals surface area contributed by atoms with Crippen molar-refractivity contribution in [1.82, 2.24) is 4.90 Å². The molecule has 0 aromatic carbocycles. The molecule has 2 fully saturated rings. The molecule has 2 atom stereocenters. The van der Waals surface area contributed by atoms with Crippen LogP contribution in [0.5, 0.6) is 0 Å². The number of nitrogens with zero attached hydrogens (tertiary/aromatic N) is 1. The maximum atomic E-state index is 5.76. The third-order valence-corrected chi connectivity index (χ3v) is 4.20. The molecule has 0 N–H and O–H groups in total. The molecule has 0 amide bonds. The molecule has 2 nitrogen and oxygen atoms in total. The molecule has 0 aromatic rings.